The summed E-state index contributed by atoms with van der Waals surface area (Å²) in [7, 11) is 0. The summed E-state index contributed by atoms with van der Waals surface area (Å²) in [4.78, 5) is 68.1. The SMILES string of the molecule is CC(C)CC(NC(=O)C(N)CCC(N)=O)C(=O)NC(CCCCN)C(=O)NC(Cc1cnc[nH]1)C(=O)O. The van der Waals surface area contributed by atoms with Gasteiger partial charge in [-0.1, -0.05) is 13.8 Å². The van der Waals surface area contributed by atoms with Crippen LogP contribution in [0.15, 0.2) is 12.5 Å². The standard InChI is InChI=1S/C23H40N8O6/c1-13(2)9-17(30-20(33)15(25)6-7-19(26)32)22(35)29-16(5-3-4-8-24)21(34)31-18(23(36)37)10-14-11-27-12-28-14/h11-13,15-18H,3-10,24-25H2,1-2H3,(H2,26,32)(H,27,28)(H,29,35)(H,30,33)(H,31,34)(H,36,37). The summed E-state index contributed by atoms with van der Waals surface area (Å²) < 4.78 is 0. The second-order valence-electron chi connectivity index (χ2n) is 9.33. The van der Waals surface area contributed by atoms with Crippen molar-refractivity contribution in [1.29, 1.82) is 0 Å². The number of aliphatic carboxylic acids is 1. The number of amides is 4. The molecule has 1 rings (SSSR count). The van der Waals surface area contributed by atoms with Crippen LogP contribution in [0.5, 0.6) is 0 Å². The van der Waals surface area contributed by atoms with Gasteiger partial charge < -0.3 is 43.2 Å². The molecule has 0 radical (unpaired) electrons. The summed E-state index contributed by atoms with van der Waals surface area (Å²) in [6.07, 6.45) is 4.34. The van der Waals surface area contributed by atoms with Gasteiger partial charge in [0.25, 0.3) is 0 Å². The maximum absolute atomic E-state index is 13.2. The van der Waals surface area contributed by atoms with Crippen LogP contribution >= 0.6 is 0 Å². The number of nitrogens with zero attached hydrogens (tertiary/aromatic N) is 1. The number of carboxylic acids is 1. The zero-order valence-corrected chi connectivity index (χ0v) is 21.4. The molecular formula is C23H40N8O6. The number of unbranched alkanes of at least 4 members (excludes halogenated alkanes) is 1. The normalized spacial score (nSPS) is 14.3. The van der Waals surface area contributed by atoms with E-state index in [1.165, 1.54) is 12.5 Å². The minimum absolute atomic E-state index is 0.00760. The lowest BCUT2D eigenvalue weighted by Crippen LogP contribution is -2.57. The Morgan fingerprint density at radius 3 is 2.14 bits per heavy atom. The molecule has 4 atom stereocenters. The molecule has 0 spiro atoms. The molecule has 14 nitrogen and oxygen atoms in total. The van der Waals surface area contributed by atoms with Gasteiger partial charge in [-0.15, -0.1) is 0 Å². The molecule has 0 aliphatic carbocycles. The van der Waals surface area contributed by atoms with Crippen molar-refractivity contribution in [2.75, 3.05) is 6.54 Å². The molecule has 0 aromatic carbocycles. The Kier molecular flexibility index (Phi) is 13.9. The molecule has 0 saturated heterocycles. The number of aromatic nitrogens is 2. The lowest BCUT2D eigenvalue weighted by molar-refractivity contribution is -0.142. The van der Waals surface area contributed by atoms with Crippen LogP contribution in [0.2, 0.25) is 0 Å². The van der Waals surface area contributed by atoms with Gasteiger partial charge in [0, 0.05) is 24.7 Å². The first-order valence-corrected chi connectivity index (χ1v) is 12.3. The van der Waals surface area contributed by atoms with Gasteiger partial charge in [0.2, 0.25) is 23.6 Å². The molecule has 1 aromatic heterocycles. The van der Waals surface area contributed by atoms with Crippen LogP contribution in [0.25, 0.3) is 0 Å². The average Bonchev–Trinajstić information content (AvgIpc) is 3.33. The molecule has 208 valence electrons. The molecule has 0 aliphatic rings. The van der Waals surface area contributed by atoms with E-state index in [9.17, 15) is 29.1 Å². The fraction of sp³-hybridized carbons (Fsp3) is 0.652. The third kappa shape index (κ3) is 12.3. The highest BCUT2D eigenvalue weighted by molar-refractivity contribution is 5.94. The van der Waals surface area contributed by atoms with E-state index in [1.807, 2.05) is 13.8 Å². The molecule has 0 bridgehead atoms. The summed E-state index contributed by atoms with van der Waals surface area (Å²) in [6, 6.07) is -4.36. The molecule has 14 heteroatoms. The van der Waals surface area contributed by atoms with Gasteiger partial charge in [-0.3, -0.25) is 19.2 Å². The van der Waals surface area contributed by atoms with Crippen LogP contribution in [-0.2, 0) is 30.4 Å². The molecule has 1 heterocycles. The lowest BCUT2D eigenvalue weighted by Gasteiger charge is -2.26. The van der Waals surface area contributed by atoms with E-state index >= 15 is 0 Å². The van der Waals surface area contributed by atoms with Crippen LogP contribution in [0, 0.1) is 5.92 Å². The molecule has 11 N–H and O–H groups in total. The second-order valence-corrected chi connectivity index (χ2v) is 9.33. The Labute approximate surface area is 215 Å². The number of H-pyrrole nitrogens is 1. The summed E-state index contributed by atoms with van der Waals surface area (Å²) in [5, 5.41) is 17.3. The van der Waals surface area contributed by atoms with E-state index < -0.39 is 53.8 Å². The Morgan fingerprint density at radius 2 is 1.59 bits per heavy atom. The molecule has 1 aromatic rings. The van der Waals surface area contributed by atoms with Crippen LogP contribution in [0.4, 0.5) is 0 Å². The van der Waals surface area contributed by atoms with Crippen molar-refractivity contribution in [1.82, 2.24) is 25.9 Å². The highest BCUT2D eigenvalue weighted by Crippen LogP contribution is 2.09. The van der Waals surface area contributed by atoms with Gasteiger partial charge in [0.1, 0.15) is 18.1 Å². The first-order chi connectivity index (χ1) is 17.4. The summed E-state index contributed by atoms with van der Waals surface area (Å²) in [5.74, 6) is -3.75. The Morgan fingerprint density at radius 1 is 0.973 bits per heavy atom. The predicted molar refractivity (Wildman–Crippen MR) is 134 cm³/mol. The van der Waals surface area contributed by atoms with Gasteiger partial charge in [0.15, 0.2) is 0 Å². The molecule has 37 heavy (non-hydrogen) atoms. The van der Waals surface area contributed by atoms with E-state index in [-0.39, 0.29) is 38.0 Å². The number of hydrogen-bond acceptors (Lipinski definition) is 8. The van der Waals surface area contributed by atoms with Crippen LogP contribution in [0.3, 0.4) is 0 Å². The largest absolute Gasteiger partial charge is 0.480 e. The van der Waals surface area contributed by atoms with Crippen molar-refractivity contribution in [3.05, 3.63) is 18.2 Å². The van der Waals surface area contributed by atoms with Crippen molar-refractivity contribution in [2.24, 2.45) is 23.1 Å². The maximum Gasteiger partial charge on any atom is 0.326 e. The number of hydrogen-bond donors (Lipinski definition) is 8. The van der Waals surface area contributed by atoms with Crippen molar-refractivity contribution >= 4 is 29.6 Å². The molecule has 4 amide bonds. The number of carboxylic acid groups (broad SMARTS) is 1. The minimum atomic E-state index is -1.25. The minimum Gasteiger partial charge on any atom is -0.480 e. The van der Waals surface area contributed by atoms with Crippen LogP contribution < -0.4 is 33.2 Å². The zero-order chi connectivity index (χ0) is 28.0. The number of carbonyl (C=O) groups is 5. The molecule has 4 unspecified atom stereocenters. The predicted octanol–water partition coefficient (Wildman–Crippen LogP) is -1.74. The van der Waals surface area contributed by atoms with E-state index in [0.717, 1.165) is 0 Å². The van der Waals surface area contributed by atoms with Crippen molar-refractivity contribution in [3.63, 3.8) is 0 Å². The fourth-order valence-electron chi connectivity index (χ4n) is 3.53. The summed E-state index contributed by atoms with van der Waals surface area (Å²) in [5.41, 5.74) is 17.0. The topological polar surface area (TPSA) is 248 Å². The van der Waals surface area contributed by atoms with Crippen LogP contribution in [-0.4, -0.2) is 75.4 Å². The van der Waals surface area contributed by atoms with Gasteiger partial charge in [-0.2, -0.15) is 0 Å². The van der Waals surface area contributed by atoms with Gasteiger partial charge in [0.05, 0.1) is 12.4 Å². The number of nitrogens with one attached hydrogen (secondary N) is 4. The molecule has 0 saturated carbocycles. The highest BCUT2D eigenvalue weighted by Gasteiger charge is 2.30. The van der Waals surface area contributed by atoms with Crippen molar-refractivity contribution in [2.45, 2.75) is 83.0 Å². The third-order valence-electron chi connectivity index (χ3n) is 5.55. The molecule has 0 aliphatic heterocycles. The third-order valence-corrected chi connectivity index (χ3v) is 5.55. The van der Waals surface area contributed by atoms with E-state index in [4.69, 9.17) is 17.2 Å². The van der Waals surface area contributed by atoms with E-state index in [2.05, 4.69) is 25.9 Å². The summed E-state index contributed by atoms with van der Waals surface area (Å²) in [6.45, 7) is 4.10. The summed E-state index contributed by atoms with van der Waals surface area (Å²) >= 11 is 0. The van der Waals surface area contributed by atoms with Crippen molar-refractivity contribution in [3.8, 4) is 0 Å². The average molecular weight is 525 g/mol. The van der Waals surface area contributed by atoms with Gasteiger partial charge in [-0.25, -0.2) is 9.78 Å². The van der Waals surface area contributed by atoms with Crippen molar-refractivity contribution < 1.29 is 29.1 Å². The highest BCUT2D eigenvalue weighted by atomic mass is 16.4. The molecular weight excluding hydrogens is 484 g/mol. The lowest BCUT2D eigenvalue weighted by atomic mass is 10.0. The second kappa shape index (κ2) is 16.3. The first kappa shape index (κ1) is 31.5. The van der Waals surface area contributed by atoms with Gasteiger partial charge >= 0.3 is 5.97 Å². The monoisotopic (exact) mass is 524 g/mol. The number of aromatic amines is 1. The van der Waals surface area contributed by atoms with E-state index in [0.29, 0.717) is 25.1 Å². The first-order valence-electron chi connectivity index (χ1n) is 12.3. The number of rotatable bonds is 18. The Balaban J connectivity index is 2.96. The Bertz CT molecular complexity index is 892. The number of nitrogens with two attached hydrogens (primary N) is 3. The number of carbonyl (C=O) groups excluding carboxylic acids is 4. The Hall–Kier alpha value is -3.52. The molecule has 0 fully saturated rings. The fourth-order valence-corrected chi connectivity index (χ4v) is 3.53. The quantitative estimate of drug-likeness (QED) is 0.101. The number of primary amides is 1. The van der Waals surface area contributed by atoms with Gasteiger partial charge in [-0.05, 0) is 44.6 Å². The smallest absolute Gasteiger partial charge is 0.326 e. The maximum atomic E-state index is 13.2. The zero-order valence-electron chi connectivity index (χ0n) is 21.4. The number of imidazole rings is 1. The van der Waals surface area contributed by atoms with E-state index in [1.54, 1.807) is 0 Å². The van der Waals surface area contributed by atoms with Crippen LogP contribution in [0.1, 0.15) is 58.1 Å².